The molecule has 0 bridgehead atoms. The molecule has 3 radical (unpaired) electrons. The van der Waals surface area contributed by atoms with E-state index in [4.69, 9.17) is 0 Å². The van der Waals surface area contributed by atoms with Gasteiger partial charge in [0.1, 0.15) is 0 Å². The Labute approximate surface area is 66.6 Å². The lowest BCUT2D eigenvalue weighted by Crippen LogP contribution is -2.23. The zero-order valence-electron chi connectivity index (χ0n) is 6.64. The second-order valence-electron chi connectivity index (χ2n) is 2.94. The quantitative estimate of drug-likeness (QED) is 0.536. The average Bonchev–Trinajstić information content (AvgIpc) is 2.31. The number of likely N-dealkylation sites (N-methyl/N-ethyl adjacent to an activating group) is 1. The van der Waals surface area contributed by atoms with Gasteiger partial charge in [0.05, 0.1) is 6.67 Å². The van der Waals surface area contributed by atoms with Crippen LogP contribution in [0.1, 0.15) is 6.42 Å². The molecule has 57 valence electrons. The van der Waals surface area contributed by atoms with Crippen molar-refractivity contribution >= 4 is 10.2 Å². The standard InChI is InChI=1S/C7H15N2Si/c1-8-4-5-9(7-8)3-2-6-10/h2-7H2,1H3. The van der Waals surface area contributed by atoms with Crippen LogP contribution >= 0.6 is 0 Å². The predicted octanol–water partition coefficient (Wildman–Crippen LogP) is 0.168. The fourth-order valence-corrected chi connectivity index (χ4v) is 1.44. The molecule has 0 amide bonds. The largest absolute Gasteiger partial charge is 0.292 e. The van der Waals surface area contributed by atoms with Crippen LogP contribution in [0.3, 0.4) is 0 Å². The van der Waals surface area contributed by atoms with E-state index in [0.29, 0.717) is 0 Å². The van der Waals surface area contributed by atoms with Gasteiger partial charge < -0.3 is 0 Å². The lowest BCUT2D eigenvalue weighted by atomic mass is 10.4. The van der Waals surface area contributed by atoms with E-state index in [-0.39, 0.29) is 0 Å². The maximum atomic E-state index is 3.48. The van der Waals surface area contributed by atoms with Gasteiger partial charge in [0.15, 0.2) is 0 Å². The lowest BCUT2D eigenvalue weighted by molar-refractivity contribution is 0.275. The maximum Gasteiger partial charge on any atom is 0.0504 e. The summed E-state index contributed by atoms with van der Waals surface area (Å²) in [6.07, 6.45) is 1.27. The topological polar surface area (TPSA) is 6.48 Å². The molecule has 0 aromatic rings. The van der Waals surface area contributed by atoms with Crippen LogP contribution in [-0.2, 0) is 0 Å². The number of nitrogens with zero attached hydrogens (tertiary/aromatic N) is 2. The summed E-state index contributed by atoms with van der Waals surface area (Å²) in [6.45, 7) is 4.89. The van der Waals surface area contributed by atoms with Gasteiger partial charge in [-0.3, -0.25) is 9.80 Å². The SMILES string of the molecule is CN1CCN(CCC[Si])C1. The highest BCUT2D eigenvalue weighted by atomic mass is 28.1. The Morgan fingerprint density at radius 1 is 1.40 bits per heavy atom. The third-order valence-electron chi connectivity index (χ3n) is 1.89. The van der Waals surface area contributed by atoms with E-state index in [0.717, 1.165) is 12.7 Å². The normalized spacial score (nSPS) is 22.2. The van der Waals surface area contributed by atoms with Crippen molar-refractivity contribution in [1.82, 2.24) is 9.80 Å². The van der Waals surface area contributed by atoms with Gasteiger partial charge in [-0.25, -0.2) is 0 Å². The van der Waals surface area contributed by atoms with Crippen LogP contribution in [0.4, 0.5) is 0 Å². The first-order chi connectivity index (χ1) is 4.83. The third-order valence-corrected chi connectivity index (χ3v) is 2.24. The van der Waals surface area contributed by atoms with E-state index in [2.05, 4.69) is 27.1 Å². The smallest absolute Gasteiger partial charge is 0.0504 e. The van der Waals surface area contributed by atoms with Gasteiger partial charge in [0.25, 0.3) is 0 Å². The van der Waals surface area contributed by atoms with Crippen LogP contribution in [-0.4, -0.2) is 53.4 Å². The van der Waals surface area contributed by atoms with Crippen LogP contribution < -0.4 is 0 Å². The Morgan fingerprint density at radius 2 is 2.20 bits per heavy atom. The van der Waals surface area contributed by atoms with E-state index in [9.17, 15) is 0 Å². The molecule has 1 aliphatic heterocycles. The summed E-state index contributed by atoms with van der Waals surface area (Å²) in [7, 11) is 5.65. The zero-order valence-corrected chi connectivity index (χ0v) is 7.64. The van der Waals surface area contributed by atoms with Gasteiger partial charge >= 0.3 is 0 Å². The van der Waals surface area contributed by atoms with Crippen molar-refractivity contribution in [1.29, 1.82) is 0 Å². The van der Waals surface area contributed by atoms with Crippen LogP contribution in [0.5, 0.6) is 0 Å². The first-order valence-electron chi connectivity index (χ1n) is 3.88. The number of hydrogen-bond acceptors (Lipinski definition) is 2. The van der Waals surface area contributed by atoms with E-state index >= 15 is 0 Å². The molecule has 3 heteroatoms. The second-order valence-corrected chi connectivity index (χ2v) is 3.44. The summed E-state index contributed by atoms with van der Waals surface area (Å²) < 4.78 is 0. The van der Waals surface area contributed by atoms with Crippen LogP contribution in [0.25, 0.3) is 0 Å². The fraction of sp³-hybridized carbons (Fsp3) is 1.00. The molecule has 10 heavy (non-hydrogen) atoms. The van der Waals surface area contributed by atoms with Crippen LogP contribution in [0.15, 0.2) is 0 Å². The molecule has 1 fully saturated rings. The summed E-state index contributed by atoms with van der Waals surface area (Å²) >= 11 is 0. The molecule has 0 N–H and O–H groups in total. The van der Waals surface area contributed by atoms with E-state index in [1.54, 1.807) is 0 Å². The van der Waals surface area contributed by atoms with Crippen molar-refractivity contribution in [2.24, 2.45) is 0 Å². The van der Waals surface area contributed by atoms with Gasteiger partial charge in [0.2, 0.25) is 0 Å². The second kappa shape index (κ2) is 4.11. The van der Waals surface area contributed by atoms with Gasteiger partial charge in [-0.1, -0.05) is 6.04 Å². The minimum Gasteiger partial charge on any atom is -0.292 e. The highest BCUT2D eigenvalue weighted by molar-refractivity contribution is 6.08. The molecule has 1 rings (SSSR count). The molecule has 1 heterocycles. The summed E-state index contributed by atoms with van der Waals surface area (Å²) in [5, 5.41) is 0. The highest BCUT2D eigenvalue weighted by Crippen LogP contribution is 2.02. The first kappa shape index (κ1) is 8.24. The van der Waals surface area contributed by atoms with E-state index in [1.807, 2.05) is 0 Å². The fourth-order valence-electron chi connectivity index (χ4n) is 1.28. The van der Waals surface area contributed by atoms with Crippen molar-refractivity contribution in [3.05, 3.63) is 0 Å². The molecule has 0 aliphatic carbocycles. The van der Waals surface area contributed by atoms with Gasteiger partial charge in [-0.2, -0.15) is 0 Å². The van der Waals surface area contributed by atoms with Crippen LogP contribution in [0.2, 0.25) is 6.04 Å². The Balaban J connectivity index is 2.06. The Hall–Kier alpha value is 0.137. The summed E-state index contributed by atoms with van der Waals surface area (Å²) in [6, 6.07) is 1.13. The molecule has 1 saturated heterocycles. The number of hydrogen-bond donors (Lipinski definition) is 0. The molecule has 2 nitrogen and oxygen atoms in total. The maximum absolute atomic E-state index is 3.48. The molecule has 0 aromatic heterocycles. The third kappa shape index (κ3) is 2.40. The molecular weight excluding hydrogens is 140 g/mol. The highest BCUT2D eigenvalue weighted by Gasteiger charge is 2.14. The Bertz CT molecular complexity index is 97.6. The van der Waals surface area contributed by atoms with Crippen molar-refractivity contribution < 1.29 is 0 Å². The average molecular weight is 155 g/mol. The van der Waals surface area contributed by atoms with E-state index in [1.165, 1.54) is 26.1 Å². The first-order valence-corrected chi connectivity index (χ1v) is 4.59. The Morgan fingerprint density at radius 3 is 2.70 bits per heavy atom. The predicted molar refractivity (Wildman–Crippen MR) is 44.2 cm³/mol. The summed E-state index contributed by atoms with van der Waals surface area (Å²) in [5.74, 6) is 0. The van der Waals surface area contributed by atoms with Gasteiger partial charge in [-0.15, -0.1) is 0 Å². The molecule has 0 spiro atoms. The Kier molecular flexibility index (Phi) is 3.38. The van der Waals surface area contributed by atoms with E-state index < -0.39 is 0 Å². The molecule has 0 unspecified atom stereocenters. The van der Waals surface area contributed by atoms with Crippen molar-refractivity contribution in [2.45, 2.75) is 12.5 Å². The number of rotatable bonds is 3. The monoisotopic (exact) mass is 155 g/mol. The molecular formula is C7H15N2Si. The molecule has 0 aromatic carbocycles. The van der Waals surface area contributed by atoms with Crippen molar-refractivity contribution in [2.75, 3.05) is 33.4 Å². The molecule has 0 atom stereocenters. The van der Waals surface area contributed by atoms with Crippen molar-refractivity contribution in [3.8, 4) is 0 Å². The van der Waals surface area contributed by atoms with Crippen LogP contribution in [0, 0.1) is 0 Å². The summed E-state index contributed by atoms with van der Waals surface area (Å²) in [5.41, 5.74) is 0. The minimum absolute atomic E-state index is 1.13. The van der Waals surface area contributed by atoms with Gasteiger partial charge in [0, 0.05) is 23.3 Å². The molecule has 1 aliphatic rings. The van der Waals surface area contributed by atoms with Gasteiger partial charge in [-0.05, 0) is 20.0 Å². The summed E-state index contributed by atoms with van der Waals surface area (Å²) in [4.78, 5) is 4.84. The van der Waals surface area contributed by atoms with Crippen molar-refractivity contribution in [3.63, 3.8) is 0 Å². The molecule has 0 saturated carbocycles. The minimum atomic E-state index is 1.13. The lowest BCUT2D eigenvalue weighted by Gasteiger charge is -2.13. The zero-order chi connectivity index (χ0) is 7.40.